The molecule has 0 saturated carbocycles. The Balaban J connectivity index is 2.30. The number of carboxylic acid groups (broad SMARTS) is 1. The van der Waals surface area contributed by atoms with Crippen LogP contribution in [0.25, 0.3) is 0 Å². The Morgan fingerprint density at radius 1 is 1.12 bits per heavy atom. The highest BCUT2D eigenvalue weighted by Crippen LogP contribution is 2.14. The average Bonchev–Trinajstić information content (AvgIpc) is 2.54. The summed E-state index contributed by atoms with van der Waals surface area (Å²) in [6, 6.07) is 6.25. The Hall–Kier alpha value is -1.40. The Kier molecular flexibility index (Phi) is 10.4. The van der Waals surface area contributed by atoms with Gasteiger partial charge in [0.15, 0.2) is 0 Å². The zero-order valence-corrected chi connectivity index (χ0v) is 15.6. The van der Waals surface area contributed by atoms with Gasteiger partial charge in [0, 0.05) is 17.4 Å². The first kappa shape index (κ1) is 20.6. The number of aliphatic carboxylic acids is 1. The molecule has 134 valence electrons. The summed E-state index contributed by atoms with van der Waals surface area (Å²) in [6.45, 7) is 0. The van der Waals surface area contributed by atoms with E-state index in [0.717, 1.165) is 23.7 Å². The third-order valence-corrected chi connectivity index (χ3v) is 4.33. The van der Waals surface area contributed by atoms with Crippen LogP contribution in [0.15, 0.2) is 24.3 Å². The highest BCUT2D eigenvalue weighted by molar-refractivity contribution is 9.09. The van der Waals surface area contributed by atoms with E-state index >= 15 is 0 Å². The normalized spacial score (nSPS) is 11.9. The summed E-state index contributed by atoms with van der Waals surface area (Å²) >= 11 is 3.42. The second-order valence-electron chi connectivity index (χ2n) is 5.96. The van der Waals surface area contributed by atoms with Gasteiger partial charge in [0.2, 0.25) is 5.91 Å². The number of hydrogen-bond donors (Lipinski definition) is 3. The van der Waals surface area contributed by atoms with E-state index in [4.69, 9.17) is 10.8 Å². The van der Waals surface area contributed by atoms with Crippen LogP contribution in [0.1, 0.15) is 50.5 Å². The number of unbranched alkanes of at least 4 members (excludes halogenated alkanes) is 5. The molecule has 0 fully saturated rings. The maximum atomic E-state index is 12.0. The van der Waals surface area contributed by atoms with Crippen molar-refractivity contribution in [2.24, 2.45) is 5.73 Å². The Labute approximate surface area is 152 Å². The molecule has 1 aromatic rings. The molecule has 0 aliphatic carbocycles. The lowest BCUT2D eigenvalue weighted by Gasteiger charge is -2.09. The third-order valence-electron chi connectivity index (χ3n) is 3.77. The summed E-state index contributed by atoms with van der Waals surface area (Å²) in [5, 5.41) is 12.8. The molecule has 6 heteroatoms. The van der Waals surface area contributed by atoms with Crippen LogP contribution in [0, 0.1) is 0 Å². The van der Waals surface area contributed by atoms with Gasteiger partial charge in [-0.15, -0.1) is 0 Å². The van der Waals surface area contributed by atoms with Gasteiger partial charge in [-0.25, -0.2) is 0 Å². The molecule has 1 rings (SSSR count). The minimum atomic E-state index is -1.03. The van der Waals surface area contributed by atoms with Gasteiger partial charge in [-0.3, -0.25) is 9.59 Å². The van der Waals surface area contributed by atoms with Crippen LogP contribution in [0.3, 0.4) is 0 Å². The molecule has 0 saturated heterocycles. The minimum Gasteiger partial charge on any atom is -0.480 e. The molecular formula is C18H27BrN2O3. The van der Waals surface area contributed by atoms with Crippen molar-refractivity contribution < 1.29 is 14.7 Å². The number of carbonyl (C=O) groups is 2. The SMILES string of the molecule is N[C@@H](Cc1cccc(NC(=O)CCCCCCCCBr)c1)C(=O)O. The van der Waals surface area contributed by atoms with Gasteiger partial charge >= 0.3 is 5.97 Å². The van der Waals surface area contributed by atoms with Crippen LogP contribution in [0.5, 0.6) is 0 Å². The number of halogens is 1. The zero-order chi connectivity index (χ0) is 17.8. The summed E-state index contributed by atoms with van der Waals surface area (Å²) in [6.07, 6.45) is 7.56. The first-order chi connectivity index (χ1) is 11.5. The first-order valence-electron chi connectivity index (χ1n) is 8.46. The van der Waals surface area contributed by atoms with Gasteiger partial charge in [-0.05, 0) is 37.0 Å². The predicted octanol–water partition coefficient (Wildman–Crippen LogP) is 3.71. The predicted molar refractivity (Wildman–Crippen MR) is 100 cm³/mol. The van der Waals surface area contributed by atoms with E-state index in [1.165, 1.54) is 25.7 Å². The standard InChI is InChI=1S/C18H27BrN2O3/c19-11-6-4-2-1-3-5-10-17(22)21-15-9-7-8-14(12-15)13-16(20)18(23)24/h7-9,12,16H,1-6,10-11,13,20H2,(H,21,22)(H,23,24)/t16-/m0/s1. The lowest BCUT2D eigenvalue weighted by Crippen LogP contribution is -2.32. The van der Waals surface area contributed by atoms with Crippen molar-refractivity contribution in [3.63, 3.8) is 0 Å². The lowest BCUT2D eigenvalue weighted by molar-refractivity contribution is -0.138. The van der Waals surface area contributed by atoms with Crippen molar-refractivity contribution >= 4 is 33.5 Å². The number of carboxylic acids is 1. The molecular weight excluding hydrogens is 372 g/mol. The number of rotatable bonds is 12. The van der Waals surface area contributed by atoms with Gasteiger partial charge in [0.25, 0.3) is 0 Å². The van der Waals surface area contributed by atoms with Crippen LogP contribution < -0.4 is 11.1 Å². The maximum absolute atomic E-state index is 12.0. The van der Waals surface area contributed by atoms with Gasteiger partial charge in [-0.1, -0.05) is 53.7 Å². The fourth-order valence-corrected chi connectivity index (χ4v) is 2.82. The summed E-state index contributed by atoms with van der Waals surface area (Å²) in [5.74, 6) is -1.03. The van der Waals surface area contributed by atoms with Crippen LogP contribution in [0.4, 0.5) is 5.69 Å². The average molecular weight is 399 g/mol. The van der Waals surface area contributed by atoms with Gasteiger partial charge in [-0.2, -0.15) is 0 Å². The molecule has 0 unspecified atom stereocenters. The monoisotopic (exact) mass is 398 g/mol. The van der Waals surface area contributed by atoms with Gasteiger partial charge < -0.3 is 16.2 Å². The van der Waals surface area contributed by atoms with E-state index in [1.54, 1.807) is 18.2 Å². The molecule has 0 aromatic heterocycles. The Morgan fingerprint density at radius 2 is 1.79 bits per heavy atom. The number of nitrogens with one attached hydrogen (secondary N) is 1. The molecule has 4 N–H and O–H groups in total. The van der Waals surface area contributed by atoms with E-state index < -0.39 is 12.0 Å². The van der Waals surface area contributed by atoms with E-state index in [2.05, 4.69) is 21.2 Å². The topological polar surface area (TPSA) is 92.4 Å². The summed E-state index contributed by atoms with van der Waals surface area (Å²) in [4.78, 5) is 22.8. The molecule has 1 amide bonds. The zero-order valence-electron chi connectivity index (χ0n) is 14.0. The number of hydrogen-bond acceptors (Lipinski definition) is 3. The third kappa shape index (κ3) is 9.03. The van der Waals surface area contributed by atoms with Crippen molar-refractivity contribution in [2.75, 3.05) is 10.6 Å². The molecule has 0 heterocycles. The number of alkyl halides is 1. The summed E-state index contributed by atoms with van der Waals surface area (Å²) in [5.41, 5.74) is 7.02. The number of benzene rings is 1. The fourth-order valence-electron chi connectivity index (χ4n) is 2.43. The van der Waals surface area contributed by atoms with Crippen molar-refractivity contribution in [2.45, 2.75) is 57.4 Å². The second-order valence-corrected chi connectivity index (χ2v) is 6.75. The smallest absolute Gasteiger partial charge is 0.320 e. The van der Waals surface area contributed by atoms with E-state index in [1.807, 2.05) is 6.07 Å². The van der Waals surface area contributed by atoms with E-state index in [0.29, 0.717) is 12.1 Å². The molecule has 1 atom stereocenters. The molecule has 0 aliphatic rings. The van der Waals surface area contributed by atoms with Crippen molar-refractivity contribution in [1.29, 1.82) is 0 Å². The van der Waals surface area contributed by atoms with Crippen molar-refractivity contribution in [1.82, 2.24) is 0 Å². The number of carbonyl (C=O) groups excluding carboxylic acids is 1. The second kappa shape index (κ2) is 12.0. The molecule has 0 radical (unpaired) electrons. The van der Waals surface area contributed by atoms with Crippen molar-refractivity contribution in [3.05, 3.63) is 29.8 Å². The number of anilines is 1. The highest BCUT2D eigenvalue weighted by Gasteiger charge is 2.12. The quantitative estimate of drug-likeness (QED) is 0.369. The first-order valence-corrected chi connectivity index (χ1v) is 9.58. The van der Waals surface area contributed by atoms with Crippen LogP contribution >= 0.6 is 15.9 Å². The number of amides is 1. The molecule has 0 bridgehead atoms. The number of nitrogens with two attached hydrogens (primary N) is 1. The van der Waals surface area contributed by atoms with Gasteiger partial charge in [0.05, 0.1) is 0 Å². The molecule has 24 heavy (non-hydrogen) atoms. The highest BCUT2D eigenvalue weighted by atomic mass is 79.9. The van der Waals surface area contributed by atoms with Crippen LogP contribution in [-0.4, -0.2) is 28.4 Å². The molecule has 5 nitrogen and oxygen atoms in total. The van der Waals surface area contributed by atoms with E-state index in [-0.39, 0.29) is 12.3 Å². The molecule has 0 spiro atoms. The minimum absolute atomic E-state index is 0.00450. The maximum Gasteiger partial charge on any atom is 0.320 e. The largest absolute Gasteiger partial charge is 0.480 e. The molecule has 0 aliphatic heterocycles. The van der Waals surface area contributed by atoms with Crippen LogP contribution in [0.2, 0.25) is 0 Å². The van der Waals surface area contributed by atoms with Gasteiger partial charge in [0.1, 0.15) is 6.04 Å². The van der Waals surface area contributed by atoms with Crippen molar-refractivity contribution in [3.8, 4) is 0 Å². The fraction of sp³-hybridized carbons (Fsp3) is 0.556. The summed E-state index contributed by atoms with van der Waals surface area (Å²) in [7, 11) is 0. The van der Waals surface area contributed by atoms with Crippen LogP contribution in [-0.2, 0) is 16.0 Å². The summed E-state index contributed by atoms with van der Waals surface area (Å²) < 4.78 is 0. The Morgan fingerprint density at radius 3 is 2.46 bits per heavy atom. The van der Waals surface area contributed by atoms with E-state index in [9.17, 15) is 9.59 Å². The lowest BCUT2D eigenvalue weighted by atomic mass is 10.1. The Bertz CT molecular complexity index is 523. The molecule has 1 aromatic carbocycles.